The number of fused-ring (bicyclic) bond motifs is 1. The van der Waals surface area contributed by atoms with Gasteiger partial charge in [-0.25, -0.2) is 19.3 Å². The number of imidazole rings is 1. The van der Waals surface area contributed by atoms with Crippen molar-refractivity contribution in [2.24, 2.45) is 0 Å². The molecule has 5 aromatic rings. The minimum Gasteiger partial charge on any atom is -0.324 e. The van der Waals surface area contributed by atoms with Crippen LogP contribution in [0.3, 0.4) is 0 Å². The fourth-order valence-corrected chi connectivity index (χ4v) is 4.34. The van der Waals surface area contributed by atoms with E-state index in [0.29, 0.717) is 5.95 Å². The van der Waals surface area contributed by atoms with Gasteiger partial charge in [0.1, 0.15) is 11.5 Å². The van der Waals surface area contributed by atoms with Crippen molar-refractivity contribution in [3.05, 3.63) is 96.1 Å². The van der Waals surface area contributed by atoms with E-state index in [-0.39, 0.29) is 11.2 Å². The Morgan fingerprint density at radius 1 is 0.919 bits per heavy atom. The Morgan fingerprint density at radius 2 is 1.65 bits per heavy atom. The first-order chi connectivity index (χ1) is 17.7. The molecule has 0 bridgehead atoms. The summed E-state index contributed by atoms with van der Waals surface area (Å²) in [6.07, 6.45) is 3.76. The van der Waals surface area contributed by atoms with Gasteiger partial charge in [-0.1, -0.05) is 32.9 Å². The maximum absolute atomic E-state index is 13.7. The van der Waals surface area contributed by atoms with E-state index < -0.39 is 0 Å². The molecule has 5 rings (SSSR count). The minimum absolute atomic E-state index is 0.0845. The van der Waals surface area contributed by atoms with Crippen LogP contribution in [0.4, 0.5) is 16.0 Å². The van der Waals surface area contributed by atoms with Crippen molar-refractivity contribution in [2.45, 2.75) is 32.7 Å². The first-order valence-electron chi connectivity index (χ1n) is 12.3. The van der Waals surface area contributed by atoms with Gasteiger partial charge in [0.25, 0.3) is 0 Å². The Bertz CT molecular complexity index is 1530. The molecule has 6 nitrogen and oxygen atoms in total. The summed E-state index contributed by atoms with van der Waals surface area (Å²) in [4.78, 5) is 16.4. The van der Waals surface area contributed by atoms with Crippen molar-refractivity contribution in [1.82, 2.24) is 24.3 Å². The number of halogens is 1. The average molecular weight is 495 g/mol. The molecule has 3 heterocycles. The summed E-state index contributed by atoms with van der Waals surface area (Å²) in [5.41, 5.74) is 7.32. The predicted octanol–water partition coefficient (Wildman–Crippen LogP) is 6.70. The number of rotatable bonds is 6. The molecule has 0 amide bonds. The number of nitrogens with one attached hydrogen (secondary N) is 1. The molecule has 1 N–H and O–H groups in total. The molecule has 0 aliphatic rings. The summed E-state index contributed by atoms with van der Waals surface area (Å²) < 4.78 is 15.7. The predicted molar refractivity (Wildman–Crippen MR) is 147 cm³/mol. The molecule has 0 spiro atoms. The molecule has 0 unspecified atom stereocenters. The van der Waals surface area contributed by atoms with Crippen LogP contribution in [0.1, 0.15) is 31.9 Å². The zero-order valence-electron chi connectivity index (χ0n) is 21.8. The van der Waals surface area contributed by atoms with Crippen molar-refractivity contribution >= 4 is 17.3 Å². The molecule has 2 aromatic carbocycles. The normalized spacial score (nSPS) is 11.9. The fourth-order valence-electron chi connectivity index (χ4n) is 4.34. The highest BCUT2D eigenvalue weighted by atomic mass is 19.1. The van der Waals surface area contributed by atoms with E-state index in [0.717, 1.165) is 46.1 Å². The smallest absolute Gasteiger partial charge is 0.227 e. The highest BCUT2D eigenvalue weighted by Crippen LogP contribution is 2.33. The minimum atomic E-state index is -0.284. The lowest BCUT2D eigenvalue weighted by atomic mass is 9.87. The Hall–Kier alpha value is -4.10. The zero-order chi connectivity index (χ0) is 26.2. The van der Waals surface area contributed by atoms with Gasteiger partial charge in [-0.3, -0.25) is 4.40 Å². The Kier molecular flexibility index (Phi) is 6.48. The summed E-state index contributed by atoms with van der Waals surface area (Å²) in [6.45, 7) is 7.39. The van der Waals surface area contributed by atoms with Crippen molar-refractivity contribution in [3.63, 3.8) is 0 Å². The average Bonchev–Trinajstić information content (AvgIpc) is 3.23. The van der Waals surface area contributed by atoms with Crippen LogP contribution in [-0.2, 0) is 12.0 Å². The zero-order valence-corrected chi connectivity index (χ0v) is 21.8. The number of hydrogen-bond acceptors (Lipinski definition) is 5. The Labute approximate surface area is 216 Å². The summed E-state index contributed by atoms with van der Waals surface area (Å²) in [7, 11) is 4.08. The molecular weight excluding hydrogens is 463 g/mol. The van der Waals surface area contributed by atoms with Gasteiger partial charge in [-0.05, 0) is 85.2 Å². The number of anilines is 2. The van der Waals surface area contributed by atoms with Gasteiger partial charge in [-0.15, -0.1) is 0 Å². The van der Waals surface area contributed by atoms with E-state index in [2.05, 4.69) is 60.2 Å². The van der Waals surface area contributed by atoms with Crippen molar-refractivity contribution < 1.29 is 4.39 Å². The van der Waals surface area contributed by atoms with Crippen molar-refractivity contribution in [1.29, 1.82) is 0 Å². The quantitative estimate of drug-likeness (QED) is 0.285. The van der Waals surface area contributed by atoms with Crippen LogP contribution in [0.5, 0.6) is 0 Å². The lowest BCUT2D eigenvalue weighted by Gasteiger charge is -2.19. The lowest BCUT2D eigenvalue weighted by Crippen LogP contribution is -2.10. The van der Waals surface area contributed by atoms with E-state index in [9.17, 15) is 4.39 Å². The third-order valence-corrected chi connectivity index (χ3v) is 6.21. The highest BCUT2D eigenvalue weighted by Gasteiger charge is 2.19. The maximum atomic E-state index is 13.7. The lowest BCUT2D eigenvalue weighted by molar-refractivity contribution is 0.402. The van der Waals surface area contributed by atoms with Crippen LogP contribution in [-0.4, -0.2) is 38.3 Å². The van der Waals surface area contributed by atoms with Gasteiger partial charge < -0.3 is 10.2 Å². The van der Waals surface area contributed by atoms with Gasteiger partial charge in [0.05, 0.1) is 17.1 Å². The SMILES string of the molecule is CN(C)Cc1ccn2c(-c3ccnc(Nc4ccc(C(C)(C)C)cc4)n3)c(-c3ccc(F)cc3)nc2c1. The van der Waals surface area contributed by atoms with Crippen LogP contribution in [0.2, 0.25) is 0 Å². The Balaban J connectivity index is 1.57. The van der Waals surface area contributed by atoms with Gasteiger partial charge >= 0.3 is 0 Å². The standard InChI is InChI=1S/C30H31FN6/c1-30(2,3)22-8-12-24(13-9-22)33-29-32-16-14-25(34-29)28-27(21-6-10-23(31)11-7-21)35-26-18-20(19-36(4)5)15-17-37(26)28/h6-18H,19H2,1-5H3,(H,32,33,34). The maximum Gasteiger partial charge on any atom is 0.227 e. The first kappa shape index (κ1) is 24.6. The summed E-state index contributed by atoms with van der Waals surface area (Å²) >= 11 is 0. The number of pyridine rings is 1. The molecule has 0 saturated carbocycles. The molecule has 0 aliphatic carbocycles. The van der Waals surface area contributed by atoms with Gasteiger partial charge in [0.15, 0.2) is 0 Å². The number of benzene rings is 2. The fraction of sp³-hybridized carbons (Fsp3) is 0.233. The van der Waals surface area contributed by atoms with Crippen molar-refractivity contribution in [2.75, 3.05) is 19.4 Å². The van der Waals surface area contributed by atoms with Crippen LogP contribution in [0.25, 0.3) is 28.3 Å². The number of nitrogens with zero attached hydrogens (tertiary/aromatic N) is 5. The van der Waals surface area contributed by atoms with Gasteiger partial charge in [0, 0.05) is 30.2 Å². The van der Waals surface area contributed by atoms with E-state index in [1.54, 1.807) is 18.3 Å². The third kappa shape index (κ3) is 5.37. The molecule has 0 atom stereocenters. The van der Waals surface area contributed by atoms with Crippen LogP contribution in [0.15, 0.2) is 79.1 Å². The third-order valence-electron chi connectivity index (χ3n) is 6.21. The molecule has 7 heteroatoms. The van der Waals surface area contributed by atoms with Crippen molar-refractivity contribution in [3.8, 4) is 22.6 Å². The second-order valence-corrected chi connectivity index (χ2v) is 10.5. The molecule has 188 valence electrons. The van der Waals surface area contributed by atoms with Gasteiger partial charge in [0.2, 0.25) is 5.95 Å². The first-order valence-corrected chi connectivity index (χ1v) is 12.3. The molecule has 37 heavy (non-hydrogen) atoms. The highest BCUT2D eigenvalue weighted by molar-refractivity contribution is 5.81. The monoisotopic (exact) mass is 494 g/mol. The molecule has 0 radical (unpaired) electrons. The van der Waals surface area contributed by atoms with E-state index in [4.69, 9.17) is 9.97 Å². The molecule has 3 aromatic heterocycles. The molecular formula is C30H31FN6. The number of hydrogen-bond donors (Lipinski definition) is 1. The van der Waals surface area contributed by atoms with E-state index >= 15 is 0 Å². The number of aromatic nitrogens is 4. The van der Waals surface area contributed by atoms with Gasteiger partial charge in [-0.2, -0.15) is 0 Å². The Morgan fingerprint density at radius 3 is 2.32 bits per heavy atom. The van der Waals surface area contributed by atoms with Crippen LogP contribution >= 0.6 is 0 Å². The molecule has 0 aliphatic heterocycles. The second kappa shape index (κ2) is 9.75. The molecule has 0 fully saturated rings. The molecule has 0 saturated heterocycles. The largest absolute Gasteiger partial charge is 0.324 e. The summed E-state index contributed by atoms with van der Waals surface area (Å²) in [6, 6.07) is 20.8. The topological polar surface area (TPSA) is 58.4 Å². The van der Waals surface area contributed by atoms with Crippen LogP contribution < -0.4 is 5.32 Å². The van der Waals surface area contributed by atoms with Crippen LogP contribution in [0, 0.1) is 5.82 Å². The van der Waals surface area contributed by atoms with E-state index in [1.165, 1.54) is 17.7 Å². The summed E-state index contributed by atoms with van der Waals surface area (Å²) in [5.74, 6) is 0.207. The summed E-state index contributed by atoms with van der Waals surface area (Å²) in [5, 5.41) is 3.32. The second-order valence-electron chi connectivity index (χ2n) is 10.5. The van der Waals surface area contributed by atoms with E-state index in [1.807, 2.05) is 42.9 Å².